The van der Waals surface area contributed by atoms with Gasteiger partial charge in [0.05, 0.1) is 11.1 Å². The average molecular weight is 428 g/mol. The Balaban J connectivity index is 1.43. The molecule has 0 saturated carbocycles. The van der Waals surface area contributed by atoms with Crippen molar-refractivity contribution in [2.75, 3.05) is 0 Å². The monoisotopic (exact) mass is 427 g/mol. The van der Waals surface area contributed by atoms with E-state index < -0.39 is 0 Å². The Morgan fingerprint density at radius 2 is 1.70 bits per heavy atom. The molecule has 0 spiro atoms. The lowest BCUT2D eigenvalue weighted by Gasteiger charge is -2.00. The summed E-state index contributed by atoms with van der Waals surface area (Å²) in [5.74, 6) is 0.391. The quantitative estimate of drug-likeness (QED) is 0.280. The van der Waals surface area contributed by atoms with Gasteiger partial charge in [0.1, 0.15) is 4.83 Å². The zero-order chi connectivity index (χ0) is 20.4. The van der Waals surface area contributed by atoms with Crippen molar-refractivity contribution in [3.63, 3.8) is 0 Å². The van der Waals surface area contributed by atoms with E-state index in [1.54, 1.807) is 23.6 Å². The van der Waals surface area contributed by atoms with Crippen LogP contribution in [0.2, 0.25) is 0 Å². The SMILES string of the molecule is Cn1c(-c2nccs2)nc2sc(C=C3C(=O)c4cc5ccccc5cc4C3=O)cc21. The van der Waals surface area contributed by atoms with Crippen LogP contribution in [0.4, 0.5) is 0 Å². The van der Waals surface area contributed by atoms with Gasteiger partial charge in [0.2, 0.25) is 0 Å². The number of aryl methyl sites for hydroxylation is 1. The van der Waals surface area contributed by atoms with Crippen LogP contribution < -0.4 is 0 Å². The van der Waals surface area contributed by atoms with E-state index in [1.807, 2.05) is 59.5 Å². The van der Waals surface area contributed by atoms with Crippen LogP contribution in [0.1, 0.15) is 25.6 Å². The van der Waals surface area contributed by atoms with Gasteiger partial charge in [-0.15, -0.1) is 22.7 Å². The highest BCUT2D eigenvalue weighted by atomic mass is 32.1. The number of ketones is 2. The number of hydrogen-bond donors (Lipinski definition) is 0. The molecule has 0 radical (unpaired) electrons. The lowest BCUT2D eigenvalue weighted by molar-refractivity contribution is 0.0990. The van der Waals surface area contributed by atoms with Crippen LogP contribution in [0.5, 0.6) is 0 Å². The van der Waals surface area contributed by atoms with Crippen molar-refractivity contribution in [3.8, 4) is 10.8 Å². The Bertz CT molecular complexity index is 1480. The van der Waals surface area contributed by atoms with Gasteiger partial charge in [-0.2, -0.15) is 0 Å². The maximum atomic E-state index is 13.0. The fourth-order valence-corrected chi connectivity index (χ4v) is 5.54. The molecule has 0 fully saturated rings. The number of nitrogens with zero attached hydrogens (tertiary/aromatic N) is 3. The molecular weight excluding hydrogens is 414 g/mol. The molecule has 0 atom stereocenters. The van der Waals surface area contributed by atoms with Gasteiger partial charge in [-0.1, -0.05) is 24.3 Å². The van der Waals surface area contributed by atoms with E-state index in [4.69, 9.17) is 4.98 Å². The molecule has 1 aliphatic carbocycles. The van der Waals surface area contributed by atoms with Crippen LogP contribution in [0, 0.1) is 0 Å². The number of carbonyl (C=O) groups is 2. The highest BCUT2D eigenvalue weighted by Crippen LogP contribution is 2.35. The first-order chi connectivity index (χ1) is 14.6. The maximum Gasteiger partial charge on any atom is 0.197 e. The number of rotatable bonds is 2. The lowest BCUT2D eigenvalue weighted by Crippen LogP contribution is -1.99. The Labute approximate surface area is 179 Å². The Hall–Kier alpha value is -3.42. The van der Waals surface area contributed by atoms with E-state index in [9.17, 15) is 9.59 Å². The van der Waals surface area contributed by atoms with Gasteiger partial charge in [0.25, 0.3) is 0 Å². The molecule has 6 rings (SSSR count). The summed E-state index contributed by atoms with van der Waals surface area (Å²) in [5.41, 5.74) is 2.13. The second kappa shape index (κ2) is 6.29. The predicted octanol–water partition coefficient (Wildman–Crippen LogP) is 5.37. The third-order valence-electron chi connectivity index (χ3n) is 5.37. The first-order valence-corrected chi connectivity index (χ1v) is 11.0. The summed E-state index contributed by atoms with van der Waals surface area (Å²) < 4.78 is 1.99. The van der Waals surface area contributed by atoms with Crippen LogP contribution in [-0.2, 0) is 7.05 Å². The molecule has 5 aromatic rings. The molecule has 0 aliphatic heterocycles. The van der Waals surface area contributed by atoms with Gasteiger partial charge in [-0.25, -0.2) is 9.97 Å². The summed E-state index contributed by atoms with van der Waals surface area (Å²) in [6.45, 7) is 0. The van der Waals surface area contributed by atoms with Gasteiger partial charge < -0.3 is 4.57 Å². The molecule has 2 aromatic carbocycles. The molecule has 3 aromatic heterocycles. The summed E-state index contributed by atoms with van der Waals surface area (Å²) in [6, 6.07) is 13.4. The van der Waals surface area contributed by atoms with Crippen LogP contribution in [-0.4, -0.2) is 26.1 Å². The number of carbonyl (C=O) groups excluding carboxylic acids is 2. The fourth-order valence-electron chi connectivity index (χ4n) is 3.87. The number of thiazole rings is 1. The largest absolute Gasteiger partial charge is 0.324 e. The van der Waals surface area contributed by atoms with Gasteiger partial charge in [0.15, 0.2) is 22.4 Å². The molecule has 0 amide bonds. The minimum atomic E-state index is -0.213. The van der Waals surface area contributed by atoms with Crippen molar-refractivity contribution in [2.45, 2.75) is 0 Å². The Morgan fingerprint density at radius 1 is 1.00 bits per heavy atom. The highest BCUT2D eigenvalue weighted by Gasteiger charge is 2.33. The van der Waals surface area contributed by atoms with Crippen LogP contribution in [0.3, 0.4) is 0 Å². The molecule has 0 unspecified atom stereocenters. The second-order valence-electron chi connectivity index (χ2n) is 7.13. The van der Waals surface area contributed by atoms with Crippen LogP contribution in [0.15, 0.2) is 59.6 Å². The molecule has 0 bridgehead atoms. The van der Waals surface area contributed by atoms with Crippen molar-refractivity contribution < 1.29 is 9.59 Å². The molecule has 7 heteroatoms. The third kappa shape index (κ3) is 2.46. The summed E-state index contributed by atoms with van der Waals surface area (Å²) in [4.78, 5) is 36.7. The topological polar surface area (TPSA) is 64.8 Å². The fraction of sp³-hybridized carbons (Fsp3) is 0.0435. The molecule has 0 saturated heterocycles. The summed E-state index contributed by atoms with van der Waals surface area (Å²) in [5, 5.41) is 4.70. The number of Topliss-reactive ketones (excluding diaryl/α,β-unsaturated/α-hetero) is 2. The molecule has 5 nitrogen and oxygen atoms in total. The van der Waals surface area contributed by atoms with E-state index in [-0.39, 0.29) is 17.1 Å². The zero-order valence-corrected chi connectivity index (χ0v) is 17.4. The minimum absolute atomic E-state index is 0.213. The molecule has 3 heterocycles. The standard InChI is InChI=1S/C23H13N3O2S2/c1-26-18-11-14(30-22(18)25-21(26)23-24-6-7-29-23)10-17-19(27)15-8-12-4-2-3-5-13(12)9-16(15)20(17)28/h2-11H,1H3. The van der Waals surface area contributed by atoms with Gasteiger partial charge in [0, 0.05) is 34.6 Å². The number of imidazole rings is 1. The first kappa shape index (κ1) is 17.4. The molecular formula is C23H13N3O2S2. The summed E-state index contributed by atoms with van der Waals surface area (Å²) >= 11 is 3.01. The Kier molecular flexibility index (Phi) is 3.65. The molecule has 30 heavy (non-hydrogen) atoms. The van der Waals surface area contributed by atoms with Crippen molar-refractivity contribution in [2.24, 2.45) is 7.05 Å². The lowest BCUT2D eigenvalue weighted by atomic mass is 10.0. The highest BCUT2D eigenvalue weighted by molar-refractivity contribution is 7.19. The maximum absolute atomic E-state index is 13.0. The smallest absolute Gasteiger partial charge is 0.197 e. The number of thiophene rings is 1. The number of fused-ring (bicyclic) bond motifs is 3. The van der Waals surface area contributed by atoms with E-state index in [0.717, 1.165) is 36.8 Å². The van der Waals surface area contributed by atoms with E-state index in [0.29, 0.717) is 11.1 Å². The zero-order valence-electron chi connectivity index (χ0n) is 15.7. The number of hydrogen-bond acceptors (Lipinski definition) is 6. The number of aromatic nitrogens is 3. The van der Waals surface area contributed by atoms with Gasteiger partial charge >= 0.3 is 0 Å². The van der Waals surface area contributed by atoms with Crippen LogP contribution in [0.25, 0.3) is 38.0 Å². The van der Waals surface area contributed by atoms with Crippen LogP contribution >= 0.6 is 22.7 Å². The second-order valence-corrected chi connectivity index (χ2v) is 9.09. The molecule has 0 N–H and O–H groups in total. The summed E-state index contributed by atoms with van der Waals surface area (Å²) in [6.07, 6.45) is 3.46. The van der Waals surface area contributed by atoms with E-state index >= 15 is 0 Å². The van der Waals surface area contributed by atoms with Crippen molar-refractivity contribution in [1.82, 2.24) is 14.5 Å². The van der Waals surface area contributed by atoms with Crippen molar-refractivity contribution >= 4 is 61.4 Å². The van der Waals surface area contributed by atoms with Gasteiger partial charge in [-0.3, -0.25) is 9.59 Å². The van der Waals surface area contributed by atoms with E-state index in [1.165, 1.54) is 11.3 Å². The minimum Gasteiger partial charge on any atom is -0.324 e. The first-order valence-electron chi connectivity index (χ1n) is 9.30. The Morgan fingerprint density at radius 3 is 2.30 bits per heavy atom. The van der Waals surface area contributed by atoms with Crippen molar-refractivity contribution in [1.29, 1.82) is 0 Å². The molecule has 144 valence electrons. The predicted molar refractivity (Wildman–Crippen MR) is 120 cm³/mol. The van der Waals surface area contributed by atoms with Crippen molar-refractivity contribution in [3.05, 3.63) is 75.6 Å². The molecule has 1 aliphatic rings. The normalized spacial score (nSPS) is 13.6. The third-order valence-corrected chi connectivity index (χ3v) is 7.11. The average Bonchev–Trinajstić information content (AvgIpc) is 3.51. The van der Waals surface area contributed by atoms with Gasteiger partial charge in [-0.05, 0) is 35.0 Å². The van der Waals surface area contributed by atoms with E-state index in [2.05, 4.69) is 4.98 Å². The number of benzene rings is 2. The number of allylic oxidation sites excluding steroid dienone is 1. The summed E-state index contributed by atoms with van der Waals surface area (Å²) in [7, 11) is 1.95.